The molecule has 2 N–H and O–H groups in total. The predicted octanol–water partition coefficient (Wildman–Crippen LogP) is 3.19. The summed E-state index contributed by atoms with van der Waals surface area (Å²) in [5.74, 6) is -0.389. The first-order chi connectivity index (χ1) is 10.2. The van der Waals surface area contributed by atoms with Crippen LogP contribution in [0.5, 0.6) is 0 Å². The topological polar surface area (TPSA) is 66.5 Å². The fourth-order valence-corrected chi connectivity index (χ4v) is 2.23. The van der Waals surface area contributed by atoms with E-state index >= 15 is 0 Å². The number of hydrogen-bond acceptors (Lipinski definition) is 4. The highest BCUT2D eigenvalue weighted by Crippen LogP contribution is 2.27. The second-order valence-electron chi connectivity index (χ2n) is 4.63. The number of aromatic amines is 1. The van der Waals surface area contributed by atoms with Crippen LogP contribution in [-0.2, 0) is 0 Å². The van der Waals surface area contributed by atoms with Crippen LogP contribution < -0.4 is 5.32 Å². The third-order valence-corrected chi connectivity index (χ3v) is 3.30. The highest BCUT2D eigenvalue weighted by atomic mass is 19.1. The lowest BCUT2D eigenvalue weighted by molar-refractivity contribution is 0.566. The van der Waals surface area contributed by atoms with Gasteiger partial charge in [0, 0.05) is 5.56 Å². The summed E-state index contributed by atoms with van der Waals surface area (Å²) >= 11 is 0. The molecule has 0 saturated heterocycles. The molecule has 108 valence electrons. The maximum Gasteiger partial charge on any atom is 0.160 e. The monoisotopic (exact) mass is 289 g/mol. The van der Waals surface area contributed by atoms with Crippen molar-refractivity contribution in [2.75, 3.05) is 5.32 Å². The standard InChI is InChI=1S/C14H13F2N5/c1-2-12(9-5-8(15)3-4-11(9)16)20-13-10-6-19-21-14(10)18-7-17-13/h3-7,12H,2H2,1H3,(H2,17,18,19,20,21). The van der Waals surface area contributed by atoms with Gasteiger partial charge < -0.3 is 5.32 Å². The normalized spacial score (nSPS) is 12.5. The summed E-state index contributed by atoms with van der Waals surface area (Å²) in [7, 11) is 0. The molecule has 0 radical (unpaired) electrons. The Kier molecular flexibility index (Phi) is 3.47. The van der Waals surface area contributed by atoms with Crippen molar-refractivity contribution in [3.05, 3.63) is 47.9 Å². The molecule has 5 nitrogen and oxygen atoms in total. The Balaban J connectivity index is 1.98. The van der Waals surface area contributed by atoms with Gasteiger partial charge in [0.05, 0.1) is 17.6 Å². The van der Waals surface area contributed by atoms with E-state index in [-0.39, 0.29) is 5.56 Å². The van der Waals surface area contributed by atoms with E-state index in [1.807, 2.05) is 6.92 Å². The van der Waals surface area contributed by atoms with Crippen LogP contribution in [-0.4, -0.2) is 20.2 Å². The van der Waals surface area contributed by atoms with E-state index in [9.17, 15) is 8.78 Å². The molecule has 0 aliphatic rings. The van der Waals surface area contributed by atoms with Gasteiger partial charge in [0.2, 0.25) is 0 Å². The van der Waals surface area contributed by atoms with Gasteiger partial charge in [0.1, 0.15) is 23.8 Å². The van der Waals surface area contributed by atoms with Crippen molar-refractivity contribution in [1.82, 2.24) is 20.2 Å². The molecular formula is C14H13F2N5. The number of benzene rings is 1. The van der Waals surface area contributed by atoms with Crippen LogP contribution in [0.2, 0.25) is 0 Å². The number of halogens is 2. The van der Waals surface area contributed by atoms with E-state index in [1.165, 1.54) is 12.4 Å². The Morgan fingerprint density at radius 2 is 2.14 bits per heavy atom. The Bertz CT molecular complexity index is 771. The maximum atomic E-state index is 13.9. The van der Waals surface area contributed by atoms with Crippen LogP contribution in [0.15, 0.2) is 30.7 Å². The first kappa shape index (κ1) is 13.4. The minimum atomic E-state index is -0.470. The van der Waals surface area contributed by atoms with E-state index in [4.69, 9.17) is 0 Å². The summed E-state index contributed by atoms with van der Waals surface area (Å²) in [4.78, 5) is 8.18. The third kappa shape index (κ3) is 2.54. The minimum absolute atomic E-state index is 0.271. The largest absolute Gasteiger partial charge is 0.362 e. The first-order valence-corrected chi connectivity index (χ1v) is 6.54. The van der Waals surface area contributed by atoms with Crippen molar-refractivity contribution < 1.29 is 8.78 Å². The number of hydrogen-bond donors (Lipinski definition) is 2. The van der Waals surface area contributed by atoms with Gasteiger partial charge in [-0.15, -0.1) is 0 Å². The molecule has 7 heteroatoms. The summed E-state index contributed by atoms with van der Waals surface area (Å²) in [5, 5.41) is 10.5. The van der Waals surface area contributed by atoms with E-state index in [0.29, 0.717) is 23.3 Å². The van der Waals surface area contributed by atoms with Crippen LogP contribution in [0.4, 0.5) is 14.6 Å². The molecule has 1 aromatic carbocycles. The minimum Gasteiger partial charge on any atom is -0.362 e. The van der Waals surface area contributed by atoms with Gasteiger partial charge in [0.25, 0.3) is 0 Å². The first-order valence-electron chi connectivity index (χ1n) is 6.54. The van der Waals surface area contributed by atoms with Crippen molar-refractivity contribution in [3.63, 3.8) is 0 Å². The Morgan fingerprint density at radius 3 is 2.95 bits per heavy atom. The van der Waals surface area contributed by atoms with E-state index in [1.54, 1.807) is 6.20 Å². The number of nitrogens with zero attached hydrogens (tertiary/aromatic N) is 3. The van der Waals surface area contributed by atoms with Crippen LogP contribution in [0.25, 0.3) is 11.0 Å². The van der Waals surface area contributed by atoms with Gasteiger partial charge in [-0.25, -0.2) is 18.7 Å². The summed E-state index contributed by atoms with van der Waals surface area (Å²) in [6, 6.07) is 3.03. The van der Waals surface area contributed by atoms with Crippen LogP contribution in [0.1, 0.15) is 24.9 Å². The number of aromatic nitrogens is 4. The highest BCUT2D eigenvalue weighted by molar-refractivity contribution is 5.85. The van der Waals surface area contributed by atoms with Crippen molar-refractivity contribution >= 4 is 16.9 Å². The van der Waals surface area contributed by atoms with Gasteiger partial charge in [-0.3, -0.25) is 5.10 Å². The van der Waals surface area contributed by atoms with Gasteiger partial charge in [-0.05, 0) is 24.6 Å². The molecule has 3 rings (SSSR count). The van der Waals surface area contributed by atoms with Crippen molar-refractivity contribution in [1.29, 1.82) is 0 Å². The van der Waals surface area contributed by atoms with E-state index in [0.717, 1.165) is 12.1 Å². The summed E-state index contributed by atoms with van der Waals surface area (Å²) in [5.41, 5.74) is 0.856. The molecule has 2 heterocycles. The van der Waals surface area contributed by atoms with Crippen LogP contribution >= 0.6 is 0 Å². The molecule has 0 aliphatic carbocycles. The predicted molar refractivity (Wildman–Crippen MR) is 74.7 cm³/mol. The Labute approximate surface area is 119 Å². The summed E-state index contributed by atoms with van der Waals surface area (Å²) < 4.78 is 27.3. The molecule has 0 amide bonds. The van der Waals surface area contributed by atoms with Crippen LogP contribution in [0.3, 0.4) is 0 Å². The fraction of sp³-hybridized carbons (Fsp3) is 0.214. The highest BCUT2D eigenvalue weighted by Gasteiger charge is 2.17. The third-order valence-electron chi connectivity index (χ3n) is 3.30. The summed E-state index contributed by atoms with van der Waals surface area (Å²) in [6.45, 7) is 1.88. The average Bonchev–Trinajstić information content (AvgIpc) is 2.97. The zero-order valence-electron chi connectivity index (χ0n) is 11.3. The van der Waals surface area contributed by atoms with E-state index in [2.05, 4.69) is 25.5 Å². The van der Waals surface area contributed by atoms with Crippen molar-refractivity contribution in [2.45, 2.75) is 19.4 Å². The molecular weight excluding hydrogens is 276 g/mol. The molecule has 0 saturated carbocycles. The average molecular weight is 289 g/mol. The quantitative estimate of drug-likeness (QED) is 0.774. The molecule has 0 fully saturated rings. The number of H-pyrrole nitrogens is 1. The number of nitrogens with one attached hydrogen (secondary N) is 2. The number of anilines is 1. The molecule has 3 aromatic rings. The lowest BCUT2D eigenvalue weighted by Crippen LogP contribution is -2.13. The Hall–Kier alpha value is -2.57. The number of rotatable bonds is 4. The molecule has 1 atom stereocenters. The van der Waals surface area contributed by atoms with E-state index < -0.39 is 17.7 Å². The second kappa shape index (κ2) is 5.43. The zero-order chi connectivity index (χ0) is 14.8. The maximum absolute atomic E-state index is 13.9. The molecule has 0 aliphatic heterocycles. The summed E-state index contributed by atoms with van der Waals surface area (Å²) in [6.07, 6.45) is 3.55. The smallest absolute Gasteiger partial charge is 0.160 e. The van der Waals surface area contributed by atoms with Crippen molar-refractivity contribution in [3.8, 4) is 0 Å². The lowest BCUT2D eigenvalue weighted by Gasteiger charge is -2.19. The molecule has 1 unspecified atom stereocenters. The Morgan fingerprint density at radius 1 is 1.29 bits per heavy atom. The second-order valence-corrected chi connectivity index (χ2v) is 4.63. The lowest BCUT2D eigenvalue weighted by atomic mass is 10.0. The number of fused-ring (bicyclic) bond motifs is 1. The van der Waals surface area contributed by atoms with Gasteiger partial charge in [0.15, 0.2) is 5.65 Å². The van der Waals surface area contributed by atoms with Gasteiger partial charge in [-0.2, -0.15) is 5.10 Å². The van der Waals surface area contributed by atoms with Gasteiger partial charge >= 0.3 is 0 Å². The van der Waals surface area contributed by atoms with Gasteiger partial charge in [-0.1, -0.05) is 6.92 Å². The van der Waals surface area contributed by atoms with Crippen molar-refractivity contribution in [2.24, 2.45) is 0 Å². The zero-order valence-corrected chi connectivity index (χ0v) is 11.3. The molecule has 21 heavy (non-hydrogen) atoms. The molecule has 2 aromatic heterocycles. The molecule has 0 spiro atoms. The molecule has 0 bridgehead atoms. The van der Waals surface area contributed by atoms with Crippen LogP contribution in [0, 0.1) is 11.6 Å². The SMILES string of the molecule is CCC(Nc1ncnc2[nH]ncc12)c1cc(F)ccc1F. The fourth-order valence-electron chi connectivity index (χ4n) is 2.23.